The Bertz CT molecular complexity index is 1000. The van der Waals surface area contributed by atoms with Crippen LogP contribution in [0.15, 0.2) is 60.0 Å². The van der Waals surface area contributed by atoms with E-state index in [2.05, 4.69) is 10.2 Å². The van der Waals surface area contributed by atoms with E-state index in [1.807, 2.05) is 54.9 Å². The molecule has 0 aliphatic carbocycles. The molecule has 0 aliphatic rings. The molecule has 1 atom stereocenters. The monoisotopic (exact) mass is 423 g/mol. The molecule has 0 aliphatic heterocycles. The Balaban J connectivity index is 1.63. The van der Waals surface area contributed by atoms with Crippen LogP contribution in [0.3, 0.4) is 0 Å². The Morgan fingerprint density at radius 2 is 1.77 bits per heavy atom. The van der Waals surface area contributed by atoms with Gasteiger partial charge in [0.1, 0.15) is 6.04 Å². The number of amides is 1. The number of aromatic nitrogens is 1. The first-order chi connectivity index (χ1) is 14.3. The molecule has 2 aromatic carbocycles. The summed E-state index contributed by atoms with van der Waals surface area (Å²) in [6.45, 7) is 4.17. The summed E-state index contributed by atoms with van der Waals surface area (Å²) in [5, 5.41) is 14.8. The number of aliphatic carboxylic acids is 1. The van der Waals surface area contributed by atoms with Crippen molar-refractivity contribution in [3.63, 3.8) is 0 Å². The number of benzene rings is 2. The molecule has 0 radical (unpaired) electrons. The van der Waals surface area contributed by atoms with E-state index in [9.17, 15) is 14.7 Å². The van der Waals surface area contributed by atoms with Gasteiger partial charge in [0.2, 0.25) is 0 Å². The lowest BCUT2D eigenvalue weighted by Crippen LogP contribution is -2.44. The summed E-state index contributed by atoms with van der Waals surface area (Å²) >= 11 is 1.59. The number of anilines is 1. The van der Waals surface area contributed by atoms with Gasteiger partial charge in [-0.25, -0.2) is 9.78 Å². The van der Waals surface area contributed by atoms with E-state index in [0.29, 0.717) is 12.1 Å². The van der Waals surface area contributed by atoms with Crippen molar-refractivity contribution >= 4 is 28.3 Å². The second-order valence-electron chi connectivity index (χ2n) is 7.47. The maximum Gasteiger partial charge on any atom is 0.326 e. The zero-order valence-corrected chi connectivity index (χ0v) is 18.0. The minimum Gasteiger partial charge on any atom is -0.480 e. The van der Waals surface area contributed by atoms with Crippen LogP contribution in [0.1, 0.15) is 29.8 Å². The maximum atomic E-state index is 12.4. The van der Waals surface area contributed by atoms with E-state index in [0.717, 1.165) is 22.0 Å². The fourth-order valence-corrected chi connectivity index (χ4v) is 3.82. The van der Waals surface area contributed by atoms with Gasteiger partial charge in [0.15, 0.2) is 5.13 Å². The van der Waals surface area contributed by atoms with E-state index in [1.165, 1.54) is 0 Å². The summed E-state index contributed by atoms with van der Waals surface area (Å²) in [6, 6.07) is 16.3. The molecule has 0 bridgehead atoms. The second kappa shape index (κ2) is 9.54. The maximum absolute atomic E-state index is 12.4. The van der Waals surface area contributed by atoms with Crippen molar-refractivity contribution in [2.45, 2.75) is 26.4 Å². The Hall–Kier alpha value is -3.19. The molecule has 0 saturated carbocycles. The summed E-state index contributed by atoms with van der Waals surface area (Å²) in [5.41, 5.74) is 3.51. The standard InChI is InChI=1S/C23H25N3O3S/c1-15(2)20(22(28)29)25-21(27)18-11-9-16(10-12-18)13-26(3)23-24-19(14-30-23)17-7-5-4-6-8-17/h4-12,14-15,20H,13H2,1-3H3,(H,25,27)(H,28,29). The molecule has 6 nitrogen and oxygen atoms in total. The number of hydrogen-bond donors (Lipinski definition) is 2. The zero-order valence-electron chi connectivity index (χ0n) is 17.2. The van der Waals surface area contributed by atoms with Crippen LogP contribution < -0.4 is 10.2 Å². The first-order valence-electron chi connectivity index (χ1n) is 9.70. The molecule has 1 aromatic heterocycles. The fourth-order valence-electron chi connectivity index (χ4n) is 3.02. The molecule has 0 fully saturated rings. The van der Waals surface area contributed by atoms with Gasteiger partial charge in [0.05, 0.1) is 5.69 Å². The minimum atomic E-state index is -1.03. The van der Waals surface area contributed by atoms with Crippen molar-refractivity contribution in [1.29, 1.82) is 0 Å². The van der Waals surface area contributed by atoms with E-state index < -0.39 is 12.0 Å². The van der Waals surface area contributed by atoms with E-state index >= 15 is 0 Å². The molecule has 1 unspecified atom stereocenters. The van der Waals surface area contributed by atoms with Crippen molar-refractivity contribution in [2.24, 2.45) is 5.92 Å². The number of thiazole rings is 1. The lowest BCUT2D eigenvalue weighted by atomic mass is 10.0. The SMILES string of the molecule is CC(C)C(NC(=O)c1ccc(CN(C)c2nc(-c3ccccc3)cs2)cc1)C(=O)O. The quantitative estimate of drug-likeness (QED) is 0.565. The van der Waals surface area contributed by atoms with Crippen LogP contribution in [0, 0.1) is 5.92 Å². The molecule has 2 N–H and O–H groups in total. The zero-order chi connectivity index (χ0) is 21.7. The van der Waals surface area contributed by atoms with Gasteiger partial charge in [0, 0.05) is 30.1 Å². The number of nitrogens with zero attached hydrogens (tertiary/aromatic N) is 2. The highest BCUT2D eigenvalue weighted by molar-refractivity contribution is 7.14. The average molecular weight is 424 g/mol. The van der Waals surface area contributed by atoms with Gasteiger partial charge >= 0.3 is 5.97 Å². The summed E-state index contributed by atoms with van der Waals surface area (Å²) in [7, 11) is 1.98. The van der Waals surface area contributed by atoms with Gasteiger partial charge in [-0.1, -0.05) is 56.3 Å². The number of carbonyl (C=O) groups excluding carboxylic acids is 1. The van der Waals surface area contributed by atoms with Gasteiger partial charge in [-0.3, -0.25) is 4.79 Å². The van der Waals surface area contributed by atoms with E-state index in [1.54, 1.807) is 37.3 Å². The lowest BCUT2D eigenvalue weighted by molar-refractivity contribution is -0.140. The van der Waals surface area contributed by atoms with Gasteiger partial charge in [0.25, 0.3) is 5.91 Å². The molecule has 0 saturated heterocycles. The highest BCUT2D eigenvalue weighted by Gasteiger charge is 2.23. The van der Waals surface area contributed by atoms with Crippen molar-refractivity contribution in [3.8, 4) is 11.3 Å². The highest BCUT2D eigenvalue weighted by Crippen LogP contribution is 2.27. The summed E-state index contributed by atoms with van der Waals surface area (Å²) in [5.74, 6) is -1.61. The van der Waals surface area contributed by atoms with Crippen LogP contribution in [-0.4, -0.2) is 35.1 Å². The third kappa shape index (κ3) is 5.24. The normalized spacial score (nSPS) is 11.9. The molecule has 1 amide bonds. The Morgan fingerprint density at radius 3 is 2.37 bits per heavy atom. The first kappa shape index (κ1) is 21.5. The molecular formula is C23H25N3O3S. The van der Waals surface area contributed by atoms with Crippen LogP contribution in [-0.2, 0) is 11.3 Å². The minimum absolute atomic E-state index is 0.196. The van der Waals surface area contributed by atoms with Crippen LogP contribution in [0.2, 0.25) is 0 Å². The van der Waals surface area contributed by atoms with E-state index in [-0.39, 0.29) is 11.8 Å². The largest absolute Gasteiger partial charge is 0.480 e. The van der Waals surface area contributed by atoms with Gasteiger partial charge in [-0.2, -0.15) is 0 Å². The van der Waals surface area contributed by atoms with Gasteiger partial charge < -0.3 is 15.3 Å². The van der Waals surface area contributed by atoms with Crippen molar-refractivity contribution in [1.82, 2.24) is 10.3 Å². The topological polar surface area (TPSA) is 82.5 Å². The summed E-state index contributed by atoms with van der Waals surface area (Å²) in [4.78, 5) is 30.4. The van der Waals surface area contributed by atoms with Crippen LogP contribution in [0.25, 0.3) is 11.3 Å². The van der Waals surface area contributed by atoms with Crippen molar-refractivity contribution < 1.29 is 14.7 Å². The molecule has 3 aromatic rings. The molecule has 156 valence electrons. The number of carbonyl (C=O) groups is 2. The van der Waals surface area contributed by atoms with Crippen molar-refractivity contribution in [2.75, 3.05) is 11.9 Å². The average Bonchev–Trinajstić information content (AvgIpc) is 3.23. The Labute approximate surface area is 180 Å². The fraction of sp³-hybridized carbons (Fsp3) is 0.261. The number of rotatable bonds is 8. The lowest BCUT2D eigenvalue weighted by Gasteiger charge is -2.18. The smallest absolute Gasteiger partial charge is 0.326 e. The Morgan fingerprint density at radius 1 is 1.10 bits per heavy atom. The van der Waals surface area contributed by atoms with E-state index in [4.69, 9.17) is 4.98 Å². The molecule has 30 heavy (non-hydrogen) atoms. The van der Waals surface area contributed by atoms with Gasteiger partial charge in [-0.15, -0.1) is 11.3 Å². The third-order valence-electron chi connectivity index (χ3n) is 4.74. The van der Waals surface area contributed by atoms with Crippen LogP contribution >= 0.6 is 11.3 Å². The third-order valence-corrected chi connectivity index (χ3v) is 5.70. The number of carboxylic acid groups (broad SMARTS) is 1. The number of carboxylic acids is 1. The van der Waals surface area contributed by atoms with Crippen molar-refractivity contribution in [3.05, 3.63) is 71.1 Å². The highest BCUT2D eigenvalue weighted by atomic mass is 32.1. The van der Waals surface area contributed by atoms with Crippen LogP contribution in [0.4, 0.5) is 5.13 Å². The van der Waals surface area contributed by atoms with Crippen LogP contribution in [0.5, 0.6) is 0 Å². The molecule has 0 spiro atoms. The molecular weight excluding hydrogens is 398 g/mol. The molecule has 3 rings (SSSR count). The second-order valence-corrected chi connectivity index (χ2v) is 8.30. The number of nitrogens with one attached hydrogen (secondary N) is 1. The van der Waals surface area contributed by atoms with Gasteiger partial charge in [-0.05, 0) is 23.6 Å². The molecule has 7 heteroatoms. The predicted molar refractivity (Wildman–Crippen MR) is 120 cm³/mol. The summed E-state index contributed by atoms with van der Waals surface area (Å²) in [6.07, 6.45) is 0. The summed E-state index contributed by atoms with van der Waals surface area (Å²) < 4.78 is 0. The molecule has 1 heterocycles. The Kier molecular flexibility index (Phi) is 6.84. The number of hydrogen-bond acceptors (Lipinski definition) is 5. The predicted octanol–water partition coefficient (Wildman–Crippen LogP) is 4.29. The first-order valence-corrected chi connectivity index (χ1v) is 10.6.